The van der Waals surface area contributed by atoms with E-state index in [2.05, 4.69) is 10.6 Å². The zero-order valence-electron chi connectivity index (χ0n) is 13.5. The van der Waals surface area contributed by atoms with Gasteiger partial charge in [0.1, 0.15) is 0 Å². The quantitative estimate of drug-likeness (QED) is 0.654. The molecule has 0 saturated carbocycles. The van der Waals surface area contributed by atoms with Crippen LogP contribution in [0.2, 0.25) is 0 Å². The van der Waals surface area contributed by atoms with Crippen LogP contribution in [0, 0.1) is 0 Å². The highest BCUT2D eigenvalue weighted by atomic mass is 16.2. The SMILES string of the molecule is O=C1CCN1C1(C(=O)NCc2ccccc2)C(=O)Nc2ccccc21. The number of likely N-dealkylation sites (tertiary alicyclic amines) is 1. The van der Waals surface area contributed by atoms with Gasteiger partial charge in [-0.15, -0.1) is 0 Å². The van der Waals surface area contributed by atoms with Crippen molar-refractivity contribution < 1.29 is 14.4 Å². The van der Waals surface area contributed by atoms with E-state index in [4.69, 9.17) is 0 Å². The van der Waals surface area contributed by atoms with Gasteiger partial charge in [-0.05, 0) is 11.6 Å². The lowest BCUT2D eigenvalue weighted by molar-refractivity contribution is -0.162. The molecule has 0 spiro atoms. The standard InChI is InChI=1S/C19H17N3O3/c23-16-10-11-22(16)19(14-8-4-5-9-15(14)21-18(19)25)17(24)20-12-13-6-2-1-3-7-13/h1-9H,10-12H2,(H,20,24)(H,21,25). The summed E-state index contributed by atoms with van der Waals surface area (Å²) in [6, 6.07) is 16.5. The normalized spacial score (nSPS) is 21.4. The number of carbonyl (C=O) groups excluding carboxylic acids is 3. The molecule has 2 aliphatic rings. The molecular weight excluding hydrogens is 318 g/mol. The van der Waals surface area contributed by atoms with Crippen molar-refractivity contribution in [2.75, 3.05) is 11.9 Å². The maximum absolute atomic E-state index is 13.1. The smallest absolute Gasteiger partial charge is 0.265 e. The summed E-state index contributed by atoms with van der Waals surface area (Å²) in [6.07, 6.45) is 0.350. The number of anilines is 1. The average molecular weight is 335 g/mol. The Morgan fingerprint density at radius 3 is 2.48 bits per heavy atom. The minimum Gasteiger partial charge on any atom is -0.349 e. The maximum Gasteiger partial charge on any atom is 0.265 e. The Morgan fingerprint density at radius 2 is 1.80 bits per heavy atom. The van der Waals surface area contributed by atoms with E-state index in [1.165, 1.54) is 4.90 Å². The highest BCUT2D eigenvalue weighted by Crippen LogP contribution is 2.43. The molecule has 0 aliphatic carbocycles. The molecule has 4 rings (SSSR count). The van der Waals surface area contributed by atoms with E-state index >= 15 is 0 Å². The van der Waals surface area contributed by atoms with Crippen LogP contribution < -0.4 is 10.6 Å². The number of para-hydroxylation sites is 1. The Labute approximate surface area is 144 Å². The first-order valence-electron chi connectivity index (χ1n) is 8.17. The van der Waals surface area contributed by atoms with Crippen LogP contribution in [0.5, 0.6) is 0 Å². The van der Waals surface area contributed by atoms with E-state index in [9.17, 15) is 14.4 Å². The minimum atomic E-state index is -1.62. The summed E-state index contributed by atoms with van der Waals surface area (Å²) < 4.78 is 0. The molecule has 1 saturated heterocycles. The second-order valence-electron chi connectivity index (χ2n) is 6.17. The van der Waals surface area contributed by atoms with Crippen LogP contribution in [0.25, 0.3) is 0 Å². The number of hydrogen-bond donors (Lipinski definition) is 2. The molecule has 1 atom stereocenters. The van der Waals surface area contributed by atoms with Gasteiger partial charge >= 0.3 is 0 Å². The summed E-state index contributed by atoms with van der Waals surface area (Å²) in [4.78, 5) is 39.4. The molecule has 3 amide bonds. The van der Waals surface area contributed by atoms with Gasteiger partial charge in [0.15, 0.2) is 0 Å². The molecule has 0 aromatic heterocycles. The van der Waals surface area contributed by atoms with Crippen molar-refractivity contribution in [3.05, 3.63) is 65.7 Å². The number of fused-ring (bicyclic) bond motifs is 1. The second-order valence-corrected chi connectivity index (χ2v) is 6.17. The van der Waals surface area contributed by atoms with E-state index in [0.29, 0.717) is 30.8 Å². The lowest BCUT2D eigenvalue weighted by Crippen LogP contribution is -2.66. The maximum atomic E-state index is 13.1. The first kappa shape index (κ1) is 15.4. The summed E-state index contributed by atoms with van der Waals surface area (Å²) in [5.41, 5.74) is 0.397. The van der Waals surface area contributed by atoms with Gasteiger partial charge in [-0.2, -0.15) is 0 Å². The molecule has 25 heavy (non-hydrogen) atoms. The third kappa shape index (κ3) is 2.21. The van der Waals surface area contributed by atoms with Gasteiger partial charge in [0.2, 0.25) is 11.4 Å². The monoisotopic (exact) mass is 335 g/mol. The Balaban J connectivity index is 1.71. The van der Waals surface area contributed by atoms with E-state index in [-0.39, 0.29) is 5.91 Å². The second kappa shape index (κ2) is 5.73. The minimum absolute atomic E-state index is 0.193. The van der Waals surface area contributed by atoms with Gasteiger partial charge in [0.25, 0.3) is 11.8 Å². The lowest BCUT2D eigenvalue weighted by atomic mass is 9.85. The fraction of sp³-hybridized carbons (Fsp3) is 0.211. The zero-order valence-corrected chi connectivity index (χ0v) is 13.5. The van der Waals surface area contributed by atoms with Crippen LogP contribution in [-0.4, -0.2) is 29.2 Å². The molecule has 2 aromatic carbocycles. The molecule has 0 radical (unpaired) electrons. The molecule has 126 valence electrons. The lowest BCUT2D eigenvalue weighted by Gasteiger charge is -2.43. The Bertz CT molecular complexity index is 865. The average Bonchev–Trinajstić information content (AvgIpc) is 2.92. The third-order valence-electron chi connectivity index (χ3n) is 4.77. The van der Waals surface area contributed by atoms with E-state index in [0.717, 1.165) is 5.56 Å². The largest absolute Gasteiger partial charge is 0.349 e. The summed E-state index contributed by atoms with van der Waals surface area (Å²) >= 11 is 0. The summed E-state index contributed by atoms with van der Waals surface area (Å²) in [6.45, 7) is 0.679. The van der Waals surface area contributed by atoms with Crippen molar-refractivity contribution in [2.45, 2.75) is 18.5 Å². The number of nitrogens with one attached hydrogen (secondary N) is 2. The predicted octanol–water partition coefficient (Wildman–Crippen LogP) is 1.38. The van der Waals surface area contributed by atoms with Crippen molar-refractivity contribution >= 4 is 23.4 Å². The van der Waals surface area contributed by atoms with Gasteiger partial charge in [-0.3, -0.25) is 14.4 Å². The van der Waals surface area contributed by atoms with Crippen molar-refractivity contribution in [3.63, 3.8) is 0 Å². The van der Waals surface area contributed by atoms with Crippen LogP contribution in [0.3, 0.4) is 0 Å². The summed E-state index contributed by atoms with van der Waals surface area (Å²) in [5, 5.41) is 5.57. The van der Waals surface area contributed by atoms with Gasteiger partial charge in [0, 0.05) is 30.8 Å². The molecule has 0 bridgehead atoms. The van der Waals surface area contributed by atoms with Gasteiger partial charge < -0.3 is 15.5 Å². The molecule has 2 heterocycles. The molecule has 2 aliphatic heterocycles. The highest BCUT2D eigenvalue weighted by Gasteiger charge is 2.60. The van der Waals surface area contributed by atoms with Crippen molar-refractivity contribution in [2.24, 2.45) is 0 Å². The summed E-state index contributed by atoms with van der Waals surface area (Å²) in [5.74, 6) is -1.15. The highest BCUT2D eigenvalue weighted by molar-refractivity contribution is 6.22. The molecule has 1 fully saturated rings. The number of nitrogens with zero attached hydrogens (tertiary/aromatic N) is 1. The summed E-state index contributed by atoms with van der Waals surface area (Å²) in [7, 11) is 0. The molecule has 2 aromatic rings. The topological polar surface area (TPSA) is 78.5 Å². The van der Waals surface area contributed by atoms with Crippen molar-refractivity contribution in [3.8, 4) is 0 Å². The third-order valence-corrected chi connectivity index (χ3v) is 4.77. The molecule has 1 unspecified atom stereocenters. The molecular formula is C19H17N3O3. The fourth-order valence-corrected chi connectivity index (χ4v) is 3.43. The number of rotatable bonds is 4. The van der Waals surface area contributed by atoms with Gasteiger partial charge in [0.05, 0.1) is 0 Å². The van der Waals surface area contributed by atoms with Gasteiger partial charge in [-0.1, -0.05) is 48.5 Å². The van der Waals surface area contributed by atoms with Crippen LogP contribution in [0.4, 0.5) is 5.69 Å². The van der Waals surface area contributed by atoms with E-state index in [1.54, 1.807) is 24.3 Å². The number of benzene rings is 2. The zero-order chi connectivity index (χ0) is 17.4. The van der Waals surface area contributed by atoms with Crippen LogP contribution in [0.15, 0.2) is 54.6 Å². The van der Waals surface area contributed by atoms with Crippen molar-refractivity contribution in [1.82, 2.24) is 10.2 Å². The van der Waals surface area contributed by atoms with Crippen LogP contribution in [0.1, 0.15) is 17.5 Å². The van der Waals surface area contributed by atoms with E-state index < -0.39 is 17.4 Å². The number of amides is 3. The molecule has 6 nitrogen and oxygen atoms in total. The predicted molar refractivity (Wildman–Crippen MR) is 91.4 cm³/mol. The molecule has 6 heteroatoms. The fourth-order valence-electron chi connectivity index (χ4n) is 3.43. The van der Waals surface area contributed by atoms with E-state index in [1.807, 2.05) is 30.3 Å². The Hall–Kier alpha value is -3.15. The van der Waals surface area contributed by atoms with Crippen LogP contribution >= 0.6 is 0 Å². The first-order valence-corrected chi connectivity index (χ1v) is 8.17. The Kier molecular flexibility index (Phi) is 3.53. The molecule has 2 N–H and O–H groups in total. The number of carbonyl (C=O) groups is 3. The number of β-lactam (4-membered cyclic amide) rings is 1. The number of hydrogen-bond acceptors (Lipinski definition) is 3. The van der Waals surface area contributed by atoms with Crippen LogP contribution in [-0.2, 0) is 26.5 Å². The van der Waals surface area contributed by atoms with Crippen molar-refractivity contribution in [1.29, 1.82) is 0 Å². The first-order chi connectivity index (χ1) is 12.1. The van der Waals surface area contributed by atoms with Gasteiger partial charge in [-0.25, -0.2) is 0 Å². The Morgan fingerprint density at radius 1 is 1.08 bits per heavy atom.